The van der Waals surface area contributed by atoms with Gasteiger partial charge < -0.3 is 10.0 Å². The molecule has 1 heterocycles. The third-order valence-electron chi connectivity index (χ3n) is 4.32. The van der Waals surface area contributed by atoms with E-state index in [0.717, 1.165) is 36.7 Å². The van der Waals surface area contributed by atoms with Crippen molar-refractivity contribution in [2.75, 3.05) is 13.1 Å². The molecule has 0 saturated carbocycles. The number of carbonyl (C=O) groups excluding carboxylic acids is 1. The Morgan fingerprint density at radius 1 is 1.19 bits per heavy atom. The molecule has 0 spiro atoms. The summed E-state index contributed by atoms with van der Waals surface area (Å²) in [5, 5.41) is 12.1. The highest BCUT2D eigenvalue weighted by Gasteiger charge is 2.30. The van der Waals surface area contributed by atoms with Crippen LogP contribution in [-0.2, 0) is 0 Å². The number of rotatable bonds is 1. The third-order valence-corrected chi connectivity index (χ3v) is 4.32. The second kappa shape index (κ2) is 5.06. The highest BCUT2D eigenvalue weighted by molar-refractivity contribution is 6.03. The summed E-state index contributed by atoms with van der Waals surface area (Å²) in [5.74, 6) is 0.0347. The van der Waals surface area contributed by atoms with Crippen LogP contribution in [0.3, 0.4) is 0 Å². The molecule has 1 fully saturated rings. The minimum Gasteiger partial charge on any atom is -0.506 e. The molecule has 3 heteroatoms. The fraction of sp³-hybridized carbons (Fsp3) is 0.389. The van der Waals surface area contributed by atoms with Gasteiger partial charge in [0.1, 0.15) is 5.75 Å². The van der Waals surface area contributed by atoms with E-state index in [4.69, 9.17) is 0 Å². The lowest BCUT2D eigenvalue weighted by molar-refractivity contribution is 0.0581. The lowest BCUT2D eigenvalue weighted by Crippen LogP contribution is -2.43. The third kappa shape index (κ3) is 2.60. The van der Waals surface area contributed by atoms with Gasteiger partial charge in [-0.3, -0.25) is 4.79 Å². The number of amides is 1. The van der Waals surface area contributed by atoms with Crippen LogP contribution in [0.15, 0.2) is 36.4 Å². The largest absolute Gasteiger partial charge is 0.506 e. The summed E-state index contributed by atoms with van der Waals surface area (Å²) in [4.78, 5) is 14.6. The van der Waals surface area contributed by atoms with Gasteiger partial charge >= 0.3 is 0 Å². The van der Waals surface area contributed by atoms with Gasteiger partial charge in [-0.2, -0.15) is 0 Å². The molecule has 3 nitrogen and oxygen atoms in total. The van der Waals surface area contributed by atoms with Gasteiger partial charge in [0.05, 0.1) is 5.56 Å². The van der Waals surface area contributed by atoms with E-state index in [2.05, 4.69) is 13.8 Å². The summed E-state index contributed by atoms with van der Waals surface area (Å²) in [5.41, 5.74) is 0.562. The number of likely N-dealkylation sites (tertiary alicyclic amines) is 1. The molecule has 3 rings (SSSR count). The molecule has 0 radical (unpaired) electrons. The van der Waals surface area contributed by atoms with E-state index in [9.17, 15) is 9.90 Å². The average Bonchev–Trinajstić information content (AvgIpc) is 2.46. The summed E-state index contributed by atoms with van der Waals surface area (Å²) in [7, 11) is 0. The van der Waals surface area contributed by atoms with Crippen LogP contribution in [0.5, 0.6) is 5.75 Å². The number of phenolic OH excluding ortho intramolecular Hbond substituents is 1. The molecule has 1 amide bonds. The molecule has 0 bridgehead atoms. The molecule has 1 N–H and O–H groups in total. The van der Waals surface area contributed by atoms with Crippen LogP contribution in [0.2, 0.25) is 0 Å². The monoisotopic (exact) mass is 283 g/mol. The van der Waals surface area contributed by atoms with E-state index in [-0.39, 0.29) is 17.1 Å². The van der Waals surface area contributed by atoms with Crippen LogP contribution in [0, 0.1) is 5.41 Å². The van der Waals surface area contributed by atoms with Gasteiger partial charge in [0, 0.05) is 18.5 Å². The Hall–Kier alpha value is -2.03. The maximum atomic E-state index is 12.7. The van der Waals surface area contributed by atoms with Gasteiger partial charge in [-0.15, -0.1) is 0 Å². The zero-order valence-electron chi connectivity index (χ0n) is 12.6. The zero-order valence-corrected chi connectivity index (χ0v) is 12.6. The molecule has 110 valence electrons. The first kappa shape index (κ1) is 13.9. The molecule has 0 aliphatic carbocycles. The van der Waals surface area contributed by atoms with Crippen molar-refractivity contribution in [2.24, 2.45) is 5.41 Å². The van der Waals surface area contributed by atoms with Gasteiger partial charge in [-0.05, 0) is 29.7 Å². The number of aromatic hydroxyl groups is 1. The van der Waals surface area contributed by atoms with E-state index in [1.165, 1.54) is 0 Å². The van der Waals surface area contributed by atoms with E-state index in [0.29, 0.717) is 5.56 Å². The highest BCUT2D eigenvalue weighted by Crippen LogP contribution is 2.33. The smallest absolute Gasteiger partial charge is 0.257 e. The molecule has 1 aliphatic rings. The molecule has 2 aromatic carbocycles. The van der Waals surface area contributed by atoms with E-state index in [1.807, 2.05) is 35.2 Å². The van der Waals surface area contributed by atoms with Gasteiger partial charge in [-0.1, -0.05) is 44.2 Å². The molecule has 2 aromatic rings. The van der Waals surface area contributed by atoms with Crippen molar-refractivity contribution in [3.05, 3.63) is 42.0 Å². The quantitative estimate of drug-likeness (QED) is 0.864. The van der Waals surface area contributed by atoms with Gasteiger partial charge in [0.15, 0.2) is 0 Å². The molecule has 1 aliphatic heterocycles. The lowest BCUT2D eigenvalue weighted by Gasteiger charge is -2.38. The number of fused-ring (bicyclic) bond motifs is 1. The standard InChI is InChI=1S/C18H21NO2/c1-18(2)10-5-11-19(12-18)17(21)15-9-8-13-6-3-4-7-14(13)16(15)20/h3-4,6-9,20H,5,10-12H2,1-2H3. The summed E-state index contributed by atoms with van der Waals surface area (Å²) in [6.07, 6.45) is 2.16. The van der Waals surface area contributed by atoms with Crippen LogP contribution in [0.4, 0.5) is 0 Å². The van der Waals surface area contributed by atoms with Gasteiger partial charge in [0.2, 0.25) is 0 Å². The zero-order chi connectivity index (χ0) is 15.0. The first-order valence-electron chi connectivity index (χ1n) is 7.48. The second-order valence-corrected chi connectivity index (χ2v) is 6.68. The number of hydrogen-bond acceptors (Lipinski definition) is 2. The Morgan fingerprint density at radius 3 is 2.71 bits per heavy atom. The number of nitrogens with zero attached hydrogens (tertiary/aromatic N) is 1. The maximum Gasteiger partial charge on any atom is 0.257 e. The highest BCUT2D eigenvalue weighted by atomic mass is 16.3. The molecular weight excluding hydrogens is 262 g/mol. The van der Waals surface area contributed by atoms with Gasteiger partial charge in [-0.25, -0.2) is 0 Å². The minimum absolute atomic E-state index is 0.0639. The fourth-order valence-corrected chi connectivity index (χ4v) is 3.19. The van der Waals surface area contributed by atoms with E-state index >= 15 is 0 Å². The fourth-order valence-electron chi connectivity index (χ4n) is 3.19. The predicted octanol–water partition coefficient (Wildman–Crippen LogP) is 3.81. The van der Waals surface area contributed by atoms with Crippen molar-refractivity contribution in [3.63, 3.8) is 0 Å². The van der Waals surface area contributed by atoms with Crippen LogP contribution in [0.1, 0.15) is 37.0 Å². The van der Waals surface area contributed by atoms with E-state index < -0.39 is 0 Å². The normalized spacial score (nSPS) is 17.9. The summed E-state index contributed by atoms with van der Waals surface area (Å²) in [6.45, 7) is 5.89. The second-order valence-electron chi connectivity index (χ2n) is 6.68. The Balaban J connectivity index is 1.96. The molecular formula is C18H21NO2. The maximum absolute atomic E-state index is 12.7. The van der Waals surface area contributed by atoms with E-state index in [1.54, 1.807) is 6.07 Å². The summed E-state index contributed by atoms with van der Waals surface area (Å²) in [6, 6.07) is 11.2. The Kier molecular flexibility index (Phi) is 3.36. The number of hydrogen-bond donors (Lipinski definition) is 1. The Morgan fingerprint density at radius 2 is 1.95 bits per heavy atom. The van der Waals surface area contributed by atoms with Crippen molar-refractivity contribution in [1.82, 2.24) is 4.90 Å². The predicted molar refractivity (Wildman–Crippen MR) is 84.5 cm³/mol. The van der Waals surface area contributed by atoms with Crippen LogP contribution in [0.25, 0.3) is 10.8 Å². The van der Waals surface area contributed by atoms with Crippen LogP contribution < -0.4 is 0 Å². The molecule has 0 unspecified atom stereocenters. The summed E-state index contributed by atoms with van der Waals surface area (Å²) < 4.78 is 0. The lowest BCUT2D eigenvalue weighted by atomic mass is 9.84. The Labute approximate surface area is 125 Å². The number of carbonyl (C=O) groups is 1. The first-order valence-corrected chi connectivity index (χ1v) is 7.48. The topological polar surface area (TPSA) is 40.5 Å². The average molecular weight is 283 g/mol. The van der Waals surface area contributed by atoms with Crippen molar-refractivity contribution in [3.8, 4) is 5.75 Å². The molecule has 0 aromatic heterocycles. The van der Waals surface area contributed by atoms with Crippen LogP contribution in [-0.4, -0.2) is 29.0 Å². The number of phenols is 1. The molecule has 21 heavy (non-hydrogen) atoms. The van der Waals surface area contributed by atoms with Crippen molar-refractivity contribution < 1.29 is 9.90 Å². The van der Waals surface area contributed by atoms with Crippen molar-refractivity contribution in [2.45, 2.75) is 26.7 Å². The van der Waals surface area contributed by atoms with Gasteiger partial charge in [0.25, 0.3) is 5.91 Å². The first-order chi connectivity index (χ1) is 9.98. The SMILES string of the molecule is CC1(C)CCCN(C(=O)c2ccc3ccccc3c2O)C1. The Bertz CT molecular complexity index is 691. The molecule has 0 atom stereocenters. The van der Waals surface area contributed by atoms with Crippen molar-refractivity contribution in [1.29, 1.82) is 0 Å². The summed E-state index contributed by atoms with van der Waals surface area (Å²) >= 11 is 0. The molecule has 1 saturated heterocycles. The minimum atomic E-state index is -0.0639. The number of benzene rings is 2. The number of piperidine rings is 1. The van der Waals surface area contributed by atoms with Crippen molar-refractivity contribution >= 4 is 16.7 Å². The van der Waals surface area contributed by atoms with Crippen LogP contribution >= 0.6 is 0 Å².